The fourth-order valence-corrected chi connectivity index (χ4v) is 2.18. The van der Waals surface area contributed by atoms with Crippen molar-refractivity contribution in [2.45, 2.75) is 12.8 Å². The lowest BCUT2D eigenvalue weighted by Gasteiger charge is -2.17. The molecule has 76 valence electrons. The molecule has 2 heteroatoms. The predicted octanol–water partition coefficient (Wildman–Crippen LogP) is 1.68. The van der Waals surface area contributed by atoms with Crippen molar-refractivity contribution < 1.29 is 4.74 Å². The normalized spacial score (nSPS) is 26.7. The molecule has 2 rings (SSSR count). The zero-order valence-corrected chi connectivity index (χ0v) is 8.57. The van der Waals surface area contributed by atoms with Crippen molar-refractivity contribution >= 4 is 0 Å². The Kier molecular flexibility index (Phi) is 2.85. The molecular formula is C12H17NO. The van der Waals surface area contributed by atoms with Crippen molar-refractivity contribution in [2.24, 2.45) is 11.7 Å². The summed E-state index contributed by atoms with van der Waals surface area (Å²) in [4.78, 5) is 0. The van der Waals surface area contributed by atoms with Crippen LogP contribution in [0.5, 0.6) is 0 Å². The maximum absolute atomic E-state index is 5.73. The van der Waals surface area contributed by atoms with E-state index < -0.39 is 0 Å². The van der Waals surface area contributed by atoms with E-state index in [1.807, 2.05) is 0 Å². The van der Waals surface area contributed by atoms with Crippen LogP contribution < -0.4 is 5.73 Å². The second-order valence-corrected chi connectivity index (χ2v) is 4.00. The molecule has 0 radical (unpaired) electrons. The van der Waals surface area contributed by atoms with Crippen molar-refractivity contribution in [2.75, 3.05) is 19.8 Å². The number of ether oxygens (including phenoxy) is 1. The number of hydrogen-bond donors (Lipinski definition) is 1. The molecule has 0 aromatic heterocycles. The van der Waals surface area contributed by atoms with E-state index >= 15 is 0 Å². The van der Waals surface area contributed by atoms with Gasteiger partial charge in [0.05, 0.1) is 13.2 Å². The second-order valence-electron chi connectivity index (χ2n) is 4.00. The van der Waals surface area contributed by atoms with E-state index in [1.165, 1.54) is 11.1 Å². The van der Waals surface area contributed by atoms with Crippen molar-refractivity contribution in [3.63, 3.8) is 0 Å². The third kappa shape index (κ3) is 1.68. The molecule has 2 N–H and O–H groups in total. The molecule has 0 bridgehead atoms. The molecule has 14 heavy (non-hydrogen) atoms. The number of benzene rings is 1. The first-order valence-corrected chi connectivity index (χ1v) is 5.16. The van der Waals surface area contributed by atoms with E-state index in [2.05, 4.69) is 31.2 Å². The van der Waals surface area contributed by atoms with Gasteiger partial charge in [0.2, 0.25) is 0 Å². The Bertz CT molecular complexity index is 311. The Morgan fingerprint density at radius 3 is 2.86 bits per heavy atom. The van der Waals surface area contributed by atoms with Gasteiger partial charge in [0.25, 0.3) is 0 Å². The molecule has 1 aliphatic heterocycles. The number of hydrogen-bond acceptors (Lipinski definition) is 2. The number of aryl methyl sites for hydroxylation is 1. The first kappa shape index (κ1) is 9.69. The lowest BCUT2D eigenvalue weighted by molar-refractivity contribution is 0.185. The molecule has 0 amide bonds. The lowest BCUT2D eigenvalue weighted by Crippen LogP contribution is -2.21. The summed E-state index contributed by atoms with van der Waals surface area (Å²) in [7, 11) is 0. The van der Waals surface area contributed by atoms with Gasteiger partial charge in [0.15, 0.2) is 0 Å². The summed E-state index contributed by atoms with van der Waals surface area (Å²) in [5.74, 6) is 0.997. The SMILES string of the molecule is Cc1ccccc1C1COCC1CN. The van der Waals surface area contributed by atoms with Gasteiger partial charge in [-0.2, -0.15) is 0 Å². The molecule has 0 spiro atoms. The van der Waals surface area contributed by atoms with Crippen LogP contribution in [0.3, 0.4) is 0 Å². The highest BCUT2D eigenvalue weighted by atomic mass is 16.5. The molecule has 1 aromatic carbocycles. The summed E-state index contributed by atoms with van der Waals surface area (Å²) < 4.78 is 5.49. The van der Waals surface area contributed by atoms with Crippen LogP contribution in [0.1, 0.15) is 17.0 Å². The van der Waals surface area contributed by atoms with Gasteiger partial charge >= 0.3 is 0 Å². The Balaban J connectivity index is 2.26. The minimum atomic E-state index is 0.496. The van der Waals surface area contributed by atoms with Gasteiger partial charge in [-0.15, -0.1) is 0 Å². The van der Waals surface area contributed by atoms with Crippen LogP contribution in [-0.2, 0) is 4.74 Å². The minimum absolute atomic E-state index is 0.496. The Morgan fingerprint density at radius 1 is 1.36 bits per heavy atom. The molecule has 1 fully saturated rings. The van der Waals surface area contributed by atoms with Crippen LogP contribution in [0.25, 0.3) is 0 Å². The van der Waals surface area contributed by atoms with E-state index in [9.17, 15) is 0 Å². The highest BCUT2D eigenvalue weighted by Gasteiger charge is 2.28. The monoisotopic (exact) mass is 191 g/mol. The Labute approximate surface area is 85.1 Å². The van der Waals surface area contributed by atoms with Crippen LogP contribution in [-0.4, -0.2) is 19.8 Å². The Hall–Kier alpha value is -0.860. The lowest BCUT2D eigenvalue weighted by atomic mass is 9.86. The van der Waals surface area contributed by atoms with Crippen molar-refractivity contribution in [3.8, 4) is 0 Å². The molecule has 1 saturated heterocycles. The summed E-state index contributed by atoms with van der Waals surface area (Å²) in [6, 6.07) is 8.51. The zero-order valence-electron chi connectivity index (χ0n) is 8.57. The van der Waals surface area contributed by atoms with Crippen LogP contribution in [0, 0.1) is 12.8 Å². The number of rotatable bonds is 2. The molecule has 0 saturated carbocycles. The van der Waals surface area contributed by atoms with E-state index in [-0.39, 0.29) is 0 Å². The highest BCUT2D eigenvalue weighted by Crippen LogP contribution is 2.31. The first-order valence-electron chi connectivity index (χ1n) is 5.16. The molecule has 2 atom stereocenters. The minimum Gasteiger partial charge on any atom is -0.380 e. The third-order valence-electron chi connectivity index (χ3n) is 3.09. The molecular weight excluding hydrogens is 174 g/mol. The fourth-order valence-electron chi connectivity index (χ4n) is 2.18. The van der Waals surface area contributed by atoms with Crippen molar-refractivity contribution in [1.82, 2.24) is 0 Å². The van der Waals surface area contributed by atoms with Crippen LogP contribution in [0.4, 0.5) is 0 Å². The molecule has 2 nitrogen and oxygen atoms in total. The van der Waals surface area contributed by atoms with E-state index in [0.29, 0.717) is 11.8 Å². The van der Waals surface area contributed by atoms with Gasteiger partial charge in [-0.25, -0.2) is 0 Å². The molecule has 2 unspecified atom stereocenters. The average molecular weight is 191 g/mol. The molecule has 1 aliphatic rings. The average Bonchev–Trinajstić information content (AvgIpc) is 2.66. The van der Waals surface area contributed by atoms with Crippen LogP contribution >= 0.6 is 0 Å². The molecule has 1 aromatic rings. The van der Waals surface area contributed by atoms with Gasteiger partial charge in [0.1, 0.15) is 0 Å². The molecule has 0 aliphatic carbocycles. The van der Waals surface area contributed by atoms with Crippen LogP contribution in [0.2, 0.25) is 0 Å². The topological polar surface area (TPSA) is 35.2 Å². The predicted molar refractivity (Wildman–Crippen MR) is 57.3 cm³/mol. The quantitative estimate of drug-likeness (QED) is 0.772. The summed E-state index contributed by atoms with van der Waals surface area (Å²) in [5.41, 5.74) is 8.48. The summed E-state index contributed by atoms with van der Waals surface area (Å²) >= 11 is 0. The second kappa shape index (κ2) is 4.11. The summed E-state index contributed by atoms with van der Waals surface area (Å²) in [6.07, 6.45) is 0. The standard InChI is InChI=1S/C12H17NO/c1-9-4-2-3-5-11(9)12-8-14-7-10(12)6-13/h2-5,10,12H,6-8,13H2,1H3. The van der Waals surface area contributed by atoms with Gasteiger partial charge in [-0.1, -0.05) is 24.3 Å². The largest absolute Gasteiger partial charge is 0.380 e. The maximum atomic E-state index is 5.73. The van der Waals surface area contributed by atoms with Gasteiger partial charge in [-0.05, 0) is 24.6 Å². The zero-order chi connectivity index (χ0) is 9.97. The number of nitrogens with two attached hydrogens (primary N) is 1. The fraction of sp³-hybridized carbons (Fsp3) is 0.500. The third-order valence-corrected chi connectivity index (χ3v) is 3.09. The van der Waals surface area contributed by atoms with E-state index in [1.54, 1.807) is 0 Å². The van der Waals surface area contributed by atoms with Crippen LogP contribution in [0.15, 0.2) is 24.3 Å². The van der Waals surface area contributed by atoms with Gasteiger partial charge in [-0.3, -0.25) is 0 Å². The van der Waals surface area contributed by atoms with Crippen molar-refractivity contribution in [3.05, 3.63) is 35.4 Å². The van der Waals surface area contributed by atoms with Gasteiger partial charge in [0, 0.05) is 11.8 Å². The van der Waals surface area contributed by atoms with Gasteiger partial charge < -0.3 is 10.5 Å². The van der Waals surface area contributed by atoms with Crippen molar-refractivity contribution in [1.29, 1.82) is 0 Å². The van der Waals surface area contributed by atoms with E-state index in [0.717, 1.165) is 19.8 Å². The molecule has 1 heterocycles. The highest BCUT2D eigenvalue weighted by molar-refractivity contribution is 5.30. The first-order chi connectivity index (χ1) is 6.83. The Morgan fingerprint density at radius 2 is 2.14 bits per heavy atom. The smallest absolute Gasteiger partial charge is 0.0539 e. The summed E-state index contributed by atoms with van der Waals surface area (Å²) in [6.45, 7) is 4.52. The van der Waals surface area contributed by atoms with E-state index in [4.69, 9.17) is 10.5 Å². The maximum Gasteiger partial charge on any atom is 0.0539 e. The summed E-state index contributed by atoms with van der Waals surface area (Å²) in [5, 5.41) is 0.